The quantitative estimate of drug-likeness (QED) is 0.503. The SMILES string of the molecule is O=C(O[C@H](C(=O)O)[C@@H](OC(=O)c1ccc(Cl)cc1)C(=O)N[C@@H]1C[C@H]2CC[C@H]1C2)c1ccc(Cl)cc1. The number of halogens is 2. The molecule has 2 N–H and O–H groups in total. The second-order valence-corrected chi connectivity index (χ2v) is 9.67. The average molecular weight is 520 g/mol. The van der Waals surface area contributed by atoms with E-state index >= 15 is 0 Å². The molecule has 2 aliphatic carbocycles. The maximum absolute atomic E-state index is 13.2. The normalized spacial score (nSPS) is 22.2. The van der Waals surface area contributed by atoms with Gasteiger partial charge in [-0.15, -0.1) is 0 Å². The standard InChI is InChI=1S/C25H23Cl2NO7/c26-17-7-3-14(4-8-17)24(32)34-20(22(29)28-19-12-13-1-2-16(19)11-13)21(23(30)31)35-25(33)15-5-9-18(27)10-6-15/h3-10,13,16,19-21H,1-2,11-12H2,(H,28,29)(H,30,31)/t13-,16-,19+,20+,21-/m0/s1. The number of carboxylic acid groups (broad SMARTS) is 1. The highest BCUT2D eigenvalue weighted by molar-refractivity contribution is 6.31. The van der Waals surface area contributed by atoms with Crippen molar-refractivity contribution in [1.82, 2.24) is 5.32 Å². The molecule has 0 unspecified atom stereocenters. The first-order valence-electron chi connectivity index (χ1n) is 11.2. The zero-order chi connectivity index (χ0) is 25.1. The van der Waals surface area contributed by atoms with E-state index in [2.05, 4.69) is 5.32 Å². The predicted molar refractivity (Wildman–Crippen MR) is 126 cm³/mol. The lowest BCUT2D eigenvalue weighted by Gasteiger charge is -2.28. The summed E-state index contributed by atoms with van der Waals surface area (Å²) in [7, 11) is 0. The third-order valence-electron chi connectivity index (χ3n) is 6.47. The molecular weight excluding hydrogens is 497 g/mol. The van der Waals surface area contributed by atoms with Gasteiger partial charge in [-0.05, 0) is 79.6 Å². The molecule has 0 saturated heterocycles. The molecule has 2 bridgehead atoms. The number of carboxylic acids is 1. The van der Waals surface area contributed by atoms with Crippen LogP contribution in [0.25, 0.3) is 0 Å². The van der Waals surface area contributed by atoms with Gasteiger partial charge in [0.2, 0.25) is 12.2 Å². The van der Waals surface area contributed by atoms with Gasteiger partial charge in [0.25, 0.3) is 5.91 Å². The van der Waals surface area contributed by atoms with Crippen LogP contribution in [0.3, 0.4) is 0 Å². The lowest BCUT2D eigenvalue weighted by molar-refractivity contribution is -0.159. The maximum Gasteiger partial charge on any atom is 0.349 e. The fraction of sp³-hybridized carbons (Fsp3) is 0.360. The van der Waals surface area contributed by atoms with E-state index in [0.29, 0.717) is 16.0 Å². The van der Waals surface area contributed by atoms with Crippen molar-refractivity contribution in [1.29, 1.82) is 0 Å². The van der Waals surface area contributed by atoms with Gasteiger partial charge in [0.1, 0.15) is 0 Å². The Morgan fingerprint density at radius 2 is 1.31 bits per heavy atom. The van der Waals surface area contributed by atoms with Crippen molar-refractivity contribution in [3.05, 3.63) is 69.7 Å². The molecule has 0 radical (unpaired) electrons. The second-order valence-electron chi connectivity index (χ2n) is 8.79. The number of fused-ring (bicyclic) bond motifs is 2. The molecule has 35 heavy (non-hydrogen) atoms. The largest absolute Gasteiger partial charge is 0.478 e. The van der Waals surface area contributed by atoms with Crippen molar-refractivity contribution < 1.29 is 33.8 Å². The first-order chi connectivity index (χ1) is 16.7. The smallest absolute Gasteiger partial charge is 0.349 e. The van der Waals surface area contributed by atoms with Crippen LogP contribution < -0.4 is 5.32 Å². The van der Waals surface area contributed by atoms with Gasteiger partial charge in [-0.2, -0.15) is 0 Å². The molecule has 2 aromatic carbocycles. The number of carbonyl (C=O) groups is 4. The number of rotatable bonds is 8. The van der Waals surface area contributed by atoms with Crippen molar-refractivity contribution in [2.24, 2.45) is 11.8 Å². The molecule has 0 aromatic heterocycles. The molecule has 0 spiro atoms. The monoisotopic (exact) mass is 519 g/mol. The number of esters is 2. The molecule has 2 aliphatic rings. The summed E-state index contributed by atoms with van der Waals surface area (Å²) in [6.07, 6.45) is -0.148. The van der Waals surface area contributed by atoms with Gasteiger partial charge >= 0.3 is 17.9 Å². The fourth-order valence-corrected chi connectivity index (χ4v) is 4.97. The second kappa shape index (κ2) is 10.7. The highest BCUT2D eigenvalue weighted by Gasteiger charge is 2.45. The van der Waals surface area contributed by atoms with Gasteiger partial charge in [0, 0.05) is 16.1 Å². The Labute approximate surface area is 211 Å². The third kappa shape index (κ3) is 5.94. The summed E-state index contributed by atoms with van der Waals surface area (Å²) in [5.74, 6) is -3.63. The van der Waals surface area contributed by atoms with E-state index in [1.54, 1.807) is 0 Å². The van der Waals surface area contributed by atoms with Crippen LogP contribution in [0.4, 0.5) is 0 Å². The van der Waals surface area contributed by atoms with Crippen LogP contribution in [0, 0.1) is 11.8 Å². The summed E-state index contributed by atoms with van der Waals surface area (Å²) in [5, 5.41) is 13.4. The van der Waals surface area contributed by atoms with E-state index < -0.39 is 36.0 Å². The van der Waals surface area contributed by atoms with Crippen LogP contribution in [0.2, 0.25) is 10.0 Å². The van der Waals surface area contributed by atoms with Crippen LogP contribution in [0.15, 0.2) is 48.5 Å². The third-order valence-corrected chi connectivity index (χ3v) is 6.97. The number of aliphatic carboxylic acids is 1. The Bertz CT molecular complexity index is 1120. The molecular formula is C25H23Cl2NO7. The minimum absolute atomic E-state index is 0.0249. The number of nitrogens with one attached hydrogen (secondary N) is 1. The zero-order valence-electron chi connectivity index (χ0n) is 18.5. The van der Waals surface area contributed by atoms with Gasteiger partial charge < -0.3 is 19.9 Å². The van der Waals surface area contributed by atoms with Crippen LogP contribution in [0.1, 0.15) is 46.4 Å². The number of ether oxygens (including phenoxy) is 2. The van der Waals surface area contributed by atoms with Gasteiger partial charge in [0.15, 0.2) is 0 Å². The number of carbonyl (C=O) groups excluding carboxylic acids is 3. The molecule has 0 aliphatic heterocycles. The van der Waals surface area contributed by atoms with Gasteiger partial charge in [-0.25, -0.2) is 14.4 Å². The molecule has 184 valence electrons. The highest BCUT2D eigenvalue weighted by atomic mass is 35.5. The summed E-state index contributed by atoms with van der Waals surface area (Å²) in [4.78, 5) is 50.7. The van der Waals surface area contributed by atoms with Crippen LogP contribution in [0.5, 0.6) is 0 Å². The van der Waals surface area contributed by atoms with Crippen molar-refractivity contribution in [3.8, 4) is 0 Å². The van der Waals surface area contributed by atoms with Gasteiger partial charge in [0.05, 0.1) is 11.1 Å². The van der Waals surface area contributed by atoms with E-state index in [9.17, 15) is 24.3 Å². The zero-order valence-corrected chi connectivity index (χ0v) is 20.0. The molecule has 2 saturated carbocycles. The van der Waals surface area contributed by atoms with Gasteiger partial charge in [-0.1, -0.05) is 29.6 Å². The molecule has 2 aromatic rings. The van der Waals surface area contributed by atoms with Crippen LogP contribution >= 0.6 is 23.2 Å². The predicted octanol–water partition coefficient (Wildman–Crippen LogP) is 4.13. The molecule has 8 nitrogen and oxygen atoms in total. The first-order valence-corrected chi connectivity index (χ1v) is 11.9. The Kier molecular flexibility index (Phi) is 7.62. The number of hydrogen-bond acceptors (Lipinski definition) is 6. The van der Waals surface area contributed by atoms with Crippen molar-refractivity contribution in [2.45, 2.75) is 43.9 Å². The topological polar surface area (TPSA) is 119 Å². The Morgan fingerprint density at radius 1 is 0.800 bits per heavy atom. The highest BCUT2D eigenvalue weighted by Crippen LogP contribution is 2.44. The average Bonchev–Trinajstić information content (AvgIpc) is 3.45. The summed E-state index contributed by atoms with van der Waals surface area (Å²) in [5.41, 5.74) is 0.0808. The summed E-state index contributed by atoms with van der Waals surface area (Å²) < 4.78 is 10.5. The molecule has 1 amide bonds. The maximum atomic E-state index is 13.2. The Hall–Kier alpha value is -3.10. The Morgan fingerprint density at radius 3 is 1.74 bits per heavy atom. The number of amides is 1. The van der Waals surface area contributed by atoms with E-state index in [4.69, 9.17) is 32.7 Å². The summed E-state index contributed by atoms with van der Waals surface area (Å²) in [6.45, 7) is 0. The minimum Gasteiger partial charge on any atom is -0.478 e. The van der Waals surface area contributed by atoms with E-state index in [-0.39, 0.29) is 23.1 Å². The van der Waals surface area contributed by atoms with Crippen LogP contribution in [-0.4, -0.2) is 47.2 Å². The summed E-state index contributed by atoms with van der Waals surface area (Å²) in [6, 6.07) is 11.1. The molecule has 0 heterocycles. The molecule has 4 rings (SSSR count). The molecule has 10 heteroatoms. The number of benzene rings is 2. The lowest BCUT2D eigenvalue weighted by Crippen LogP contribution is -2.53. The summed E-state index contributed by atoms with van der Waals surface area (Å²) >= 11 is 11.7. The molecule has 2 fully saturated rings. The van der Waals surface area contributed by atoms with E-state index in [1.165, 1.54) is 48.5 Å². The minimum atomic E-state index is -2.08. The van der Waals surface area contributed by atoms with E-state index in [0.717, 1.165) is 25.7 Å². The van der Waals surface area contributed by atoms with Crippen molar-refractivity contribution in [3.63, 3.8) is 0 Å². The number of hydrogen-bond donors (Lipinski definition) is 2. The molecule has 5 atom stereocenters. The van der Waals surface area contributed by atoms with Crippen molar-refractivity contribution in [2.75, 3.05) is 0 Å². The van der Waals surface area contributed by atoms with Crippen molar-refractivity contribution >= 4 is 47.0 Å². The van der Waals surface area contributed by atoms with Gasteiger partial charge in [-0.3, -0.25) is 4.79 Å². The van der Waals surface area contributed by atoms with E-state index in [1.807, 2.05) is 0 Å². The first kappa shape index (κ1) is 25.0. The Balaban J connectivity index is 1.56. The lowest BCUT2D eigenvalue weighted by atomic mass is 9.95. The fourth-order valence-electron chi connectivity index (χ4n) is 4.72. The van der Waals surface area contributed by atoms with Crippen LogP contribution in [-0.2, 0) is 19.1 Å².